The third-order valence-electron chi connectivity index (χ3n) is 3.79. The molecule has 20 heavy (non-hydrogen) atoms. The van der Waals surface area contributed by atoms with E-state index in [-0.39, 0.29) is 11.6 Å². The van der Waals surface area contributed by atoms with Crippen molar-refractivity contribution in [3.05, 3.63) is 23.7 Å². The second-order valence-corrected chi connectivity index (χ2v) is 5.21. The Labute approximate surface area is 118 Å². The normalized spacial score (nSPS) is 29.9. The maximum absolute atomic E-state index is 11.1. The Balaban J connectivity index is 2.04. The number of rotatable bonds is 2. The highest BCUT2D eigenvalue weighted by molar-refractivity contribution is 6.33. The highest BCUT2D eigenvalue weighted by Crippen LogP contribution is 2.37. The maximum Gasteiger partial charge on any atom is 0.309 e. The van der Waals surface area contributed by atoms with Crippen molar-refractivity contribution in [2.45, 2.75) is 24.7 Å². The van der Waals surface area contributed by atoms with E-state index in [0.29, 0.717) is 11.0 Å². The van der Waals surface area contributed by atoms with E-state index in [4.69, 9.17) is 16.7 Å². The van der Waals surface area contributed by atoms with Gasteiger partial charge in [-0.3, -0.25) is 4.79 Å². The fourth-order valence-corrected chi connectivity index (χ4v) is 2.93. The van der Waals surface area contributed by atoms with Gasteiger partial charge in [-0.1, -0.05) is 11.6 Å². The number of hydrogen-bond donors (Lipinski definition) is 3. The Hall–Kier alpha value is -1.70. The molecule has 1 aliphatic carbocycles. The van der Waals surface area contributed by atoms with Gasteiger partial charge in [0.05, 0.1) is 23.4 Å². The topological polar surface area (TPSA) is 108 Å². The molecule has 0 spiro atoms. The molecule has 2 heterocycles. The number of nitrogens with zero attached hydrogens (tertiary/aromatic N) is 3. The second kappa shape index (κ2) is 4.69. The van der Waals surface area contributed by atoms with Crippen molar-refractivity contribution in [3.8, 4) is 0 Å². The lowest BCUT2D eigenvalue weighted by atomic mass is 10.1. The summed E-state index contributed by atoms with van der Waals surface area (Å²) in [5.74, 6) is -2.12. The van der Waals surface area contributed by atoms with Gasteiger partial charge in [0.2, 0.25) is 0 Å². The first-order chi connectivity index (χ1) is 9.50. The zero-order chi connectivity index (χ0) is 14.4. The van der Waals surface area contributed by atoms with Gasteiger partial charge in [0.1, 0.15) is 23.2 Å². The van der Waals surface area contributed by atoms with Gasteiger partial charge in [-0.2, -0.15) is 0 Å². The van der Waals surface area contributed by atoms with Crippen LogP contribution >= 0.6 is 11.6 Å². The molecule has 3 rings (SSSR count). The molecule has 7 nitrogen and oxygen atoms in total. The average Bonchev–Trinajstić information content (AvgIpc) is 2.94. The molecule has 106 valence electrons. The number of fused-ring (bicyclic) bond motifs is 1. The van der Waals surface area contributed by atoms with Crippen LogP contribution in [0.15, 0.2) is 18.6 Å². The third kappa shape index (κ3) is 1.86. The Bertz CT molecular complexity index is 674. The van der Waals surface area contributed by atoms with Gasteiger partial charge in [0.25, 0.3) is 0 Å². The lowest BCUT2D eigenvalue weighted by Gasteiger charge is -2.18. The number of carboxylic acids is 1. The predicted octanol–water partition coefficient (Wildman–Crippen LogP) is 0.452. The number of carbonyl (C=O) groups is 1. The fraction of sp³-hybridized carbons (Fsp3) is 0.417. The summed E-state index contributed by atoms with van der Waals surface area (Å²) in [6.45, 7) is 0. The van der Waals surface area contributed by atoms with Crippen molar-refractivity contribution in [1.82, 2.24) is 14.5 Å². The van der Waals surface area contributed by atoms with Gasteiger partial charge in [-0.15, -0.1) is 0 Å². The summed E-state index contributed by atoms with van der Waals surface area (Å²) in [7, 11) is 0. The molecule has 1 aliphatic rings. The van der Waals surface area contributed by atoms with Crippen molar-refractivity contribution in [3.63, 3.8) is 0 Å². The van der Waals surface area contributed by atoms with E-state index in [1.165, 1.54) is 6.33 Å². The minimum Gasteiger partial charge on any atom is -0.481 e. The number of halogens is 1. The van der Waals surface area contributed by atoms with E-state index in [1.54, 1.807) is 16.8 Å². The summed E-state index contributed by atoms with van der Waals surface area (Å²) in [6, 6.07) is 1.14. The number of aliphatic hydroxyl groups is 2. The zero-order valence-electron chi connectivity index (χ0n) is 10.2. The summed E-state index contributed by atoms with van der Waals surface area (Å²) in [5, 5.41) is 29.8. The van der Waals surface area contributed by atoms with E-state index in [0.717, 1.165) is 0 Å². The molecule has 4 atom stereocenters. The highest BCUT2D eigenvalue weighted by Gasteiger charge is 2.46. The van der Waals surface area contributed by atoms with Crippen LogP contribution in [0.2, 0.25) is 5.15 Å². The monoisotopic (exact) mass is 297 g/mol. The molecule has 0 bridgehead atoms. The van der Waals surface area contributed by atoms with E-state index < -0.39 is 30.1 Å². The molecule has 2 aromatic rings. The van der Waals surface area contributed by atoms with E-state index >= 15 is 0 Å². The van der Waals surface area contributed by atoms with Crippen molar-refractivity contribution in [2.75, 3.05) is 0 Å². The molecule has 8 heteroatoms. The van der Waals surface area contributed by atoms with Crippen LogP contribution in [-0.2, 0) is 4.79 Å². The van der Waals surface area contributed by atoms with Crippen LogP contribution in [-0.4, -0.2) is 48.0 Å². The highest BCUT2D eigenvalue weighted by atomic mass is 35.5. The van der Waals surface area contributed by atoms with Gasteiger partial charge < -0.3 is 19.9 Å². The van der Waals surface area contributed by atoms with E-state index in [9.17, 15) is 15.0 Å². The van der Waals surface area contributed by atoms with Crippen LogP contribution < -0.4 is 0 Å². The summed E-state index contributed by atoms with van der Waals surface area (Å²) >= 11 is 5.95. The van der Waals surface area contributed by atoms with Crippen molar-refractivity contribution < 1.29 is 20.1 Å². The first kappa shape index (κ1) is 13.3. The standard InChI is InChI=1S/C12H12ClN3O4/c13-10-5-1-2-16(11(5)15-4-14-10)7-3-6(12(19)20)8(17)9(7)18/h1-2,4,6-9,17-18H,3H2,(H,19,20)/t6-,7+,8+,9-/m0/s1. The molecule has 1 fully saturated rings. The fourth-order valence-electron chi connectivity index (χ4n) is 2.74. The molecule has 1 saturated carbocycles. The number of aliphatic carboxylic acids is 1. The van der Waals surface area contributed by atoms with Crippen LogP contribution in [0.5, 0.6) is 0 Å². The molecule has 0 saturated heterocycles. The Morgan fingerprint density at radius 1 is 1.35 bits per heavy atom. The number of aromatic nitrogens is 3. The van der Waals surface area contributed by atoms with Crippen molar-refractivity contribution in [1.29, 1.82) is 0 Å². The summed E-state index contributed by atoms with van der Waals surface area (Å²) in [6.07, 6.45) is 0.625. The van der Waals surface area contributed by atoms with E-state index in [1.807, 2.05) is 0 Å². The Morgan fingerprint density at radius 3 is 2.75 bits per heavy atom. The molecule has 0 radical (unpaired) electrons. The smallest absolute Gasteiger partial charge is 0.309 e. The molecule has 2 aromatic heterocycles. The van der Waals surface area contributed by atoms with Gasteiger partial charge in [-0.05, 0) is 12.5 Å². The molecule has 3 N–H and O–H groups in total. The minimum absolute atomic E-state index is 0.128. The summed E-state index contributed by atoms with van der Waals surface area (Å²) < 4.78 is 1.64. The molecular weight excluding hydrogens is 286 g/mol. The van der Waals surface area contributed by atoms with Crippen LogP contribution in [0.3, 0.4) is 0 Å². The number of carboxylic acid groups (broad SMARTS) is 1. The largest absolute Gasteiger partial charge is 0.481 e. The van der Waals surface area contributed by atoms with Gasteiger partial charge in [0.15, 0.2) is 0 Å². The maximum atomic E-state index is 11.1. The van der Waals surface area contributed by atoms with Crippen molar-refractivity contribution >= 4 is 28.6 Å². The van der Waals surface area contributed by atoms with Crippen LogP contribution in [0.1, 0.15) is 12.5 Å². The van der Waals surface area contributed by atoms with Crippen LogP contribution in [0, 0.1) is 5.92 Å². The van der Waals surface area contributed by atoms with E-state index in [2.05, 4.69) is 9.97 Å². The first-order valence-electron chi connectivity index (χ1n) is 6.06. The lowest BCUT2D eigenvalue weighted by Crippen LogP contribution is -2.32. The average molecular weight is 298 g/mol. The molecule has 0 aromatic carbocycles. The molecule has 0 aliphatic heterocycles. The Kier molecular flexibility index (Phi) is 3.12. The summed E-state index contributed by atoms with van der Waals surface area (Å²) in [5.41, 5.74) is 0.507. The third-order valence-corrected chi connectivity index (χ3v) is 4.09. The quantitative estimate of drug-likeness (QED) is 0.695. The molecule has 0 amide bonds. The summed E-state index contributed by atoms with van der Waals surface area (Å²) in [4.78, 5) is 19.0. The first-order valence-corrected chi connectivity index (χ1v) is 6.44. The zero-order valence-corrected chi connectivity index (χ0v) is 11.0. The Morgan fingerprint density at radius 2 is 2.10 bits per heavy atom. The van der Waals surface area contributed by atoms with Crippen molar-refractivity contribution in [2.24, 2.45) is 5.92 Å². The number of hydrogen-bond acceptors (Lipinski definition) is 5. The van der Waals surface area contributed by atoms with Crippen LogP contribution in [0.25, 0.3) is 11.0 Å². The predicted molar refractivity (Wildman–Crippen MR) is 69.3 cm³/mol. The second-order valence-electron chi connectivity index (χ2n) is 4.85. The number of aliphatic hydroxyl groups excluding tert-OH is 2. The minimum atomic E-state index is -1.30. The van der Waals surface area contributed by atoms with Gasteiger partial charge >= 0.3 is 5.97 Å². The lowest BCUT2D eigenvalue weighted by molar-refractivity contribution is -0.145. The SMILES string of the molecule is O=C(O)[C@H]1C[C@@H](n2ccc3c(Cl)ncnc32)[C@H](O)[C@@H]1O. The van der Waals surface area contributed by atoms with Gasteiger partial charge in [0, 0.05) is 6.20 Å². The molecule has 0 unspecified atom stereocenters. The van der Waals surface area contributed by atoms with Gasteiger partial charge in [-0.25, -0.2) is 9.97 Å². The molecular formula is C12H12ClN3O4. The van der Waals surface area contributed by atoms with Crippen LogP contribution in [0.4, 0.5) is 0 Å².